The van der Waals surface area contributed by atoms with E-state index in [0.717, 1.165) is 23.7 Å². The van der Waals surface area contributed by atoms with Gasteiger partial charge < -0.3 is 14.8 Å². The van der Waals surface area contributed by atoms with Gasteiger partial charge in [-0.05, 0) is 44.0 Å². The lowest BCUT2D eigenvalue weighted by Gasteiger charge is -2.31. The van der Waals surface area contributed by atoms with Gasteiger partial charge in [0.2, 0.25) is 0 Å². The lowest BCUT2D eigenvalue weighted by atomic mass is 9.83. The molecule has 1 aromatic rings. The number of nitriles is 1. The zero-order valence-electron chi connectivity index (χ0n) is 14.1. The van der Waals surface area contributed by atoms with Gasteiger partial charge in [-0.2, -0.15) is 5.26 Å². The minimum atomic E-state index is -0.839. The smallest absolute Gasteiger partial charge is 0.347 e. The number of carbonyl (C=O) groups is 2. The van der Waals surface area contributed by atoms with Gasteiger partial charge in [0.1, 0.15) is 11.3 Å². The van der Waals surface area contributed by atoms with Gasteiger partial charge in [-0.3, -0.25) is 4.79 Å². The highest BCUT2D eigenvalue weighted by molar-refractivity contribution is 9.10. The maximum absolute atomic E-state index is 12.0. The number of hydrogen-bond donors (Lipinski definition) is 1. The maximum Gasteiger partial charge on any atom is 0.347 e. The third kappa shape index (κ3) is 5.75. The Morgan fingerprint density at radius 2 is 1.92 bits per heavy atom. The molecule has 1 atom stereocenters. The fourth-order valence-electron chi connectivity index (χ4n) is 2.74. The molecule has 1 saturated carbocycles. The van der Waals surface area contributed by atoms with Gasteiger partial charge in [0, 0.05) is 4.47 Å². The van der Waals surface area contributed by atoms with Crippen molar-refractivity contribution in [3.8, 4) is 11.8 Å². The second-order valence-corrected chi connectivity index (χ2v) is 7.04. The van der Waals surface area contributed by atoms with Crippen LogP contribution in [0.1, 0.15) is 39.0 Å². The van der Waals surface area contributed by atoms with Crippen LogP contribution in [-0.2, 0) is 14.3 Å². The van der Waals surface area contributed by atoms with Crippen molar-refractivity contribution in [3.05, 3.63) is 28.7 Å². The number of ether oxygens (including phenoxy) is 2. The molecule has 1 N–H and O–H groups in total. The Morgan fingerprint density at radius 1 is 1.28 bits per heavy atom. The number of benzene rings is 1. The zero-order chi connectivity index (χ0) is 18.3. The molecule has 0 aromatic heterocycles. The van der Waals surface area contributed by atoms with Crippen molar-refractivity contribution in [2.45, 2.75) is 50.7 Å². The topological polar surface area (TPSA) is 88.4 Å². The Hall–Kier alpha value is -2.07. The highest BCUT2D eigenvalue weighted by atomic mass is 79.9. The van der Waals surface area contributed by atoms with Gasteiger partial charge in [0.05, 0.1) is 6.07 Å². The number of rotatable bonds is 6. The van der Waals surface area contributed by atoms with Crippen molar-refractivity contribution in [1.82, 2.24) is 5.32 Å². The SMILES string of the molecule is C[C@H](Oc1ccc(Br)cc1)C(=O)OCC(=O)NC1(C#N)CCCCC1. The Balaban J connectivity index is 1.79. The van der Waals surface area contributed by atoms with E-state index in [4.69, 9.17) is 9.47 Å². The van der Waals surface area contributed by atoms with Crippen molar-refractivity contribution in [2.75, 3.05) is 6.61 Å². The zero-order valence-corrected chi connectivity index (χ0v) is 15.7. The molecule has 1 aliphatic rings. The molecule has 0 radical (unpaired) electrons. The average molecular weight is 409 g/mol. The molecule has 7 heteroatoms. The molecule has 0 saturated heterocycles. The summed E-state index contributed by atoms with van der Waals surface area (Å²) < 4.78 is 11.4. The summed E-state index contributed by atoms with van der Waals surface area (Å²) in [5.74, 6) is -0.567. The van der Waals surface area contributed by atoms with Crippen LogP contribution >= 0.6 is 15.9 Å². The van der Waals surface area contributed by atoms with Gasteiger partial charge in [-0.1, -0.05) is 35.2 Å². The van der Waals surface area contributed by atoms with E-state index in [1.54, 1.807) is 31.2 Å². The normalized spacial score (nSPS) is 17.0. The number of carbonyl (C=O) groups excluding carboxylic acids is 2. The summed E-state index contributed by atoms with van der Waals surface area (Å²) in [6.07, 6.45) is 3.31. The van der Waals surface area contributed by atoms with E-state index in [-0.39, 0.29) is 0 Å². The van der Waals surface area contributed by atoms with Crippen molar-refractivity contribution in [2.24, 2.45) is 0 Å². The summed E-state index contributed by atoms with van der Waals surface area (Å²) in [4.78, 5) is 24.0. The highest BCUT2D eigenvalue weighted by Gasteiger charge is 2.33. The van der Waals surface area contributed by atoms with Gasteiger partial charge in [0.15, 0.2) is 12.7 Å². The summed E-state index contributed by atoms with van der Waals surface area (Å²) in [6, 6.07) is 9.24. The quantitative estimate of drug-likeness (QED) is 0.730. The summed E-state index contributed by atoms with van der Waals surface area (Å²) in [5.41, 5.74) is -0.832. The Morgan fingerprint density at radius 3 is 2.52 bits per heavy atom. The van der Waals surface area contributed by atoms with Crippen molar-refractivity contribution >= 4 is 27.8 Å². The van der Waals surface area contributed by atoms with Crippen LogP contribution in [0.15, 0.2) is 28.7 Å². The third-order valence-corrected chi connectivity index (χ3v) is 4.63. The molecule has 0 bridgehead atoms. The number of hydrogen-bond acceptors (Lipinski definition) is 5. The van der Waals surface area contributed by atoms with Crippen LogP contribution in [0.5, 0.6) is 5.75 Å². The predicted molar refractivity (Wildman–Crippen MR) is 94.8 cm³/mol. The van der Waals surface area contributed by atoms with Crippen molar-refractivity contribution in [1.29, 1.82) is 5.26 Å². The van der Waals surface area contributed by atoms with E-state index in [2.05, 4.69) is 27.3 Å². The van der Waals surface area contributed by atoms with Crippen LogP contribution in [0, 0.1) is 11.3 Å². The number of nitrogens with zero attached hydrogens (tertiary/aromatic N) is 1. The first-order valence-electron chi connectivity index (χ1n) is 8.25. The number of esters is 1. The number of halogens is 1. The van der Waals surface area contributed by atoms with E-state index >= 15 is 0 Å². The molecule has 2 rings (SSSR count). The van der Waals surface area contributed by atoms with E-state index in [1.165, 1.54) is 0 Å². The van der Waals surface area contributed by atoms with Gasteiger partial charge in [-0.15, -0.1) is 0 Å². The molecular weight excluding hydrogens is 388 g/mol. The molecule has 1 fully saturated rings. The van der Waals surface area contributed by atoms with E-state index in [1.807, 2.05) is 0 Å². The van der Waals surface area contributed by atoms with Crippen LogP contribution in [0.4, 0.5) is 0 Å². The first-order valence-corrected chi connectivity index (χ1v) is 9.04. The van der Waals surface area contributed by atoms with Crippen LogP contribution < -0.4 is 10.1 Å². The van der Waals surface area contributed by atoms with Gasteiger partial charge in [-0.25, -0.2) is 4.79 Å². The van der Waals surface area contributed by atoms with Crippen molar-refractivity contribution < 1.29 is 19.1 Å². The van der Waals surface area contributed by atoms with Crippen LogP contribution in [-0.4, -0.2) is 30.1 Å². The molecule has 1 aliphatic carbocycles. The fraction of sp³-hybridized carbons (Fsp3) is 0.500. The molecule has 0 heterocycles. The molecule has 0 spiro atoms. The van der Waals surface area contributed by atoms with E-state index in [9.17, 15) is 14.9 Å². The molecule has 0 unspecified atom stereocenters. The molecule has 6 nitrogen and oxygen atoms in total. The van der Waals surface area contributed by atoms with Crippen LogP contribution in [0.2, 0.25) is 0 Å². The molecule has 0 aliphatic heterocycles. The second kappa shape index (κ2) is 8.86. The molecule has 1 aromatic carbocycles. The minimum absolute atomic E-state index is 0.420. The van der Waals surface area contributed by atoms with Crippen LogP contribution in [0.3, 0.4) is 0 Å². The molecule has 25 heavy (non-hydrogen) atoms. The third-order valence-electron chi connectivity index (χ3n) is 4.10. The Labute approximate surface area is 155 Å². The second-order valence-electron chi connectivity index (χ2n) is 6.12. The minimum Gasteiger partial charge on any atom is -0.479 e. The standard InChI is InChI=1S/C18H21BrN2O4/c1-13(25-15-7-5-14(19)6-8-15)17(23)24-11-16(22)21-18(12-20)9-3-2-4-10-18/h5-8,13H,2-4,9-11H2,1H3,(H,21,22)/t13-/m0/s1. The maximum atomic E-state index is 12.0. The van der Waals surface area contributed by atoms with Crippen LogP contribution in [0.25, 0.3) is 0 Å². The lowest BCUT2D eigenvalue weighted by Crippen LogP contribution is -2.50. The monoisotopic (exact) mass is 408 g/mol. The highest BCUT2D eigenvalue weighted by Crippen LogP contribution is 2.27. The predicted octanol–water partition coefficient (Wildman–Crippen LogP) is 3.10. The van der Waals surface area contributed by atoms with Crippen molar-refractivity contribution in [3.63, 3.8) is 0 Å². The summed E-state index contributed by atoms with van der Waals surface area (Å²) in [5, 5.41) is 12.1. The largest absolute Gasteiger partial charge is 0.479 e. The molecule has 134 valence electrons. The summed E-state index contributed by atoms with van der Waals surface area (Å²) in [7, 11) is 0. The average Bonchev–Trinajstić information content (AvgIpc) is 2.62. The summed E-state index contributed by atoms with van der Waals surface area (Å²) >= 11 is 3.32. The first kappa shape index (κ1) is 19.3. The number of nitrogens with one attached hydrogen (secondary N) is 1. The molecular formula is C18H21BrN2O4. The van der Waals surface area contributed by atoms with E-state index < -0.39 is 30.1 Å². The number of amides is 1. The Bertz CT molecular complexity index is 648. The summed E-state index contributed by atoms with van der Waals surface area (Å²) in [6.45, 7) is 1.14. The fourth-order valence-corrected chi connectivity index (χ4v) is 3.01. The van der Waals surface area contributed by atoms with Gasteiger partial charge >= 0.3 is 5.97 Å². The molecule has 1 amide bonds. The van der Waals surface area contributed by atoms with E-state index in [0.29, 0.717) is 18.6 Å². The Kier molecular flexibility index (Phi) is 6.82. The lowest BCUT2D eigenvalue weighted by molar-refractivity contribution is -0.155. The first-order chi connectivity index (χ1) is 11.9. The van der Waals surface area contributed by atoms with Gasteiger partial charge in [0.25, 0.3) is 5.91 Å².